The van der Waals surface area contributed by atoms with Crippen LogP contribution in [0.25, 0.3) is 0 Å². The molecule has 2 heterocycles. The molecular weight excluding hydrogens is 276 g/mol. The largest absolute Gasteiger partial charge is 0.475 e. The first kappa shape index (κ1) is 15.2. The van der Waals surface area contributed by atoms with E-state index in [-0.39, 0.29) is 11.9 Å². The Morgan fingerprint density at radius 2 is 1.86 bits per heavy atom. The van der Waals surface area contributed by atoms with Crippen molar-refractivity contribution in [1.82, 2.24) is 4.90 Å². The number of aromatic carboxylic acids is 1. The number of furan rings is 1. The third-order valence-corrected chi connectivity index (χ3v) is 3.09. The molecule has 1 saturated heterocycles. The van der Waals surface area contributed by atoms with Crippen LogP contribution in [0.2, 0.25) is 0 Å². The second-order valence-corrected chi connectivity index (χ2v) is 5.93. The van der Waals surface area contributed by atoms with E-state index in [1.807, 2.05) is 25.7 Å². The molecule has 1 N–H and O–H groups in total. The molecule has 21 heavy (non-hydrogen) atoms. The van der Waals surface area contributed by atoms with E-state index in [2.05, 4.69) is 0 Å². The number of hydrogen-bond acceptors (Lipinski definition) is 5. The van der Waals surface area contributed by atoms with Crippen LogP contribution < -0.4 is 4.90 Å². The van der Waals surface area contributed by atoms with Crippen LogP contribution in [-0.4, -0.2) is 53.8 Å². The highest BCUT2D eigenvalue weighted by molar-refractivity contribution is 5.85. The first-order valence-electron chi connectivity index (χ1n) is 6.81. The van der Waals surface area contributed by atoms with Crippen LogP contribution in [0, 0.1) is 0 Å². The second-order valence-electron chi connectivity index (χ2n) is 5.93. The Morgan fingerprint density at radius 1 is 1.24 bits per heavy atom. The maximum Gasteiger partial charge on any atom is 0.410 e. The predicted molar refractivity (Wildman–Crippen MR) is 75.7 cm³/mol. The third kappa shape index (κ3) is 3.90. The molecule has 116 valence electrons. The predicted octanol–water partition coefficient (Wildman–Crippen LogP) is 2.03. The summed E-state index contributed by atoms with van der Waals surface area (Å²) in [5.74, 6) is -1.17. The van der Waals surface area contributed by atoms with Gasteiger partial charge >= 0.3 is 12.1 Å². The van der Waals surface area contributed by atoms with Crippen LogP contribution in [0.3, 0.4) is 0 Å². The smallest absolute Gasteiger partial charge is 0.410 e. The van der Waals surface area contributed by atoms with Crippen LogP contribution >= 0.6 is 0 Å². The Morgan fingerprint density at radius 3 is 2.33 bits per heavy atom. The number of nitrogens with zero attached hydrogens (tertiary/aromatic N) is 2. The average molecular weight is 296 g/mol. The van der Waals surface area contributed by atoms with E-state index >= 15 is 0 Å². The Bertz CT molecular complexity index is 524. The van der Waals surface area contributed by atoms with E-state index in [0.717, 1.165) is 5.69 Å². The van der Waals surface area contributed by atoms with Crippen molar-refractivity contribution < 1.29 is 23.8 Å². The van der Waals surface area contributed by atoms with E-state index in [1.54, 1.807) is 4.90 Å². The first-order valence-corrected chi connectivity index (χ1v) is 6.81. The second kappa shape index (κ2) is 5.67. The zero-order valence-electron chi connectivity index (χ0n) is 12.5. The van der Waals surface area contributed by atoms with Crippen LogP contribution in [0.4, 0.5) is 10.5 Å². The summed E-state index contributed by atoms with van der Waals surface area (Å²) < 4.78 is 10.3. The lowest BCUT2D eigenvalue weighted by atomic mass is 10.2. The molecule has 0 bridgehead atoms. The fourth-order valence-electron chi connectivity index (χ4n) is 2.08. The Hall–Kier alpha value is -2.18. The minimum absolute atomic E-state index is 0.0837. The number of carboxylic acid groups (broad SMARTS) is 1. The van der Waals surface area contributed by atoms with Crippen LogP contribution in [0.1, 0.15) is 31.3 Å². The van der Waals surface area contributed by atoms with Crippen molar-refractivity contribution in [2.45, 2.75) is 26.4 Å². The van der Waals surface area contributed by atoms with Gasteiger partial charge in [0.2, 0.25) is 5.76 Å². The highest BCUT2D eigenvalue weighted by atomic mass is 16.6. The number of amides is 1. The summed E-state index contributed by atoms with van der Waals surface area (Å²) in [7, 11) is 0. The fourth-order valence-corrected chi connectivity index (χ4v) is 2.08. The summed E-state index contributed by atoms with van der Waals surface area (Å²) in [6.45, 7) is 7.78. The molecule has 0 aliphatic carbocycles. The number of carboxylic acids is 1. The molecule has 0 atom stereocenters. The molecule has 1 aliphatic rings. The summed E-state index contributed by atoms with van der Waals surface area (Å²) in [5.41, 5.74) is 0.214. The summed E-state index contributed by atoms with van der Waals surface area (Å²) in [5, 5.41) is 8.84. The molecule has 0 saturated carbocycles. The molecular formula is C14H20N2O5. The maximum absolute atomic E-state index is 11.9. The van der Waals surface area contributed by atoms with E-state index in [0.29, 0.717) is 26.2 Å². The zero-order chi connectivity index (χ0) is 15.6. The molecule has 1 aromatic heterocycles. The van der Waals surface area contributed by atoms with Crippen molar-refractivity contribution >= 4 is 17.7 Å². The molecule has 0 radical (unpaired) electrons. The van der Waals surface area contributed by atoms with Crippen molar-refractivity contribution in [2.75, 3.05) is 31.1 Å². The summed E-state index contributed by atoms with van der Waals surface area (Å²) in [6.07, 6.45) is 1.10. The number of anilines is 1. The topological polar surface area (TPSA) is 83.2 Å². The van der Waals surface area contributed by atoms with E-state index in [4.69, 9.17) is 14.3 Å². The molecule has 1 aliphatic heterocycles. The number of carbonyl (C=O) groups excluding carboxylic acids is 1. The Kier molecular flexibility index (Phi) is 4.11. The van der Waals surface area contributed by atoms with Crippen molar-refractivity contribution in [3.8, 4) is 0 Å². The minimum Gasteiger partial charge on any atom is -0.475 e. The number of carbonyl (C=O) groups is 2. The SMILES string of the molecule is CC(C)(C)OC(=O)N1CCN(c2coc(C(=O)O)c2)CC1. The quantitative estimate of drug-likeness (QED) is 0.899. The lowest BCUT2D eigenvalue weighted by Crippen LogP contribution is -2.50. The van der Waals surface area contributed by atoms with Gasteiger partial charge in [0.05, 0.1) is 5.69 Å². The molecule has 0 unspecified atom stereocenters. The van der Waals surface area contributed by atoms with Gasteiger partial charge in [-0.2, -0.15) is 0 Å². The Balaban J connectivity index is 1.90. The fraction of sp³-hybridized carbons (Fsp3) is 0.571. The molecule has 1 fully saturated rings. The highest BCUT2D eigenvalue weighted by Gasteiger charge is 2.26. The van der Waals surface area contributed by atoms with E-state index in [9.17, 15) is 9.59 Å². The summed E-state index contributed by atoms with van der Waals surface area (Å²) in [4.78, 5) is 26.4. The van der Waals surface area contributed by atoms with Gasteiger partial charge in [-0.25, -0.2) is 9.59 Å². The number of hydrogen-bond donors (Lipinski definition) is 1. The van der Waals surface area contributed by atoms with Gasteiger partial charge in [-0.3, -0.25) is 0 Å². The number of rotatable bonds is 2. The lowest BCUT2D eigenvalue weighted by Gasteiger charge is -2.36. The van der Waals surface area contributed by atoms with Gasteiger partial charge in [0.1, 0.15) is 11.9 Å². The van der Waals surface area contributed by atoms with Gasteiger partial charge in [-0.15, -0.1) is 0 Å². The normalized spacial score (nSPS) is 16.0. The molecule has 7 heteroatoms. The Labute approximate surface area is 123 Å². The van der Waals surface area contributed by atoms with E-state index in [1.165, 1.54) is 12.3 Å². The minimum atomic E-state index is -1.09. The maximum atomic E-state index is 11.9. The molecule has 2 rings (SSSR count). The standard InChI is InChI=1S/C14H20N2O5/c1-14(2,3)21-13(19)16-6-4-15(5-7-16)10-8-11(12(17)18)20-9-10/h8-9H,4-7H2,1-3H3,(H,17,18). The van der Waals surface area contributed by atoms with Gasteiger partial charge in [0.15, 0.2) is 0 Å². The van der Waals surface area contributed by atoms with Crippen LogP contribution in [0.15, 0.2) is 16.7 Å². The van der Waals surface area contributed by atoms with Crippen molar-refractivity contribution in [3.63, 3.8) is 0 Å². The zero-order valence-corrected chi connectivity index (χ0v) is 12.5. The van der Waals surface area contributed by atoms with Crippen molar-refractivity contribution in [1.29, 1.82) is 0 Å². The molecule has 1 amide bonds. The monoisotopic (exact) mass is 296 g/mol. The lowest BCUT2D eigenvalue weighted by molar-refractivity contribution is 0.0240. The van der Waals surface area contributed by atoms with Gasteiger partial charge in [0, 0.05) is 32.2 Å². The van der Waals surface area contributed by atoms with Gasteiger partial charge in [0.25, 0.3) is 0 Å². The summed E-state index contributed by atoms with van der Waals surface area (Å²) >= 11 is 0. The van der Waals surface area contributed by atoms with Crippen LogP contribution in [-0.2, 0) is 4.74 Å². The molecule has 1 aromatic rings. The van der Waals surface area contributed by atoms with E-state index < -0.39 is 11.6 Å². The average Bonchev–Trinajstić information content (AvgIpc) is 2.86. The summed E-state index contributed by atoms with van der Waals surface area (Å²) in [6, 6.07) is 1.49. The van der Waals surface area contributed by atoms with Gasteiger partial charge < -0.3 is 24.1 Å². The van der Waals surface area contributed by atoms with Crippen molar-refractivity contribution in [3.05, 3.63) is 18.1 Å². The number of piperazine rings is 1. The third-order valence-electron chi connectivity index (χ3n) is 3.09. The van der Waals surface area contributed by atoms with Gasteiger partial charge in [-0.05, 0) is 20.8 Å². The van der Waals surface area contributed by atoms with Gasteiger partial charge in [-0.1, -0.05) is 0 Å². The van der Waals surface area contributed by atoms with Crippen molar-refractivity contribution in [2.24, 2.45) is 0 Å². The first-order chi connectivity index (χ1) is 9.76. The van der Waals surface area contributed by atoms with Crippen LogP contribution in [0.5, 0.6) is 0 Å². The highest BCUT2D eigenvalue weighted by Crippen LogP contribution is 2.21. The molecule has 7 nitrogen and oxygen atoms in total. The number of ether oxygens (including phenoxy) is 1. The molecule has 0 spiro atoms. The molecule has 0 aromatic carbocycles.